The van der Waals surface area contributed by atoms with Gasteiger partial charge < -0.3 is 10.2 Å². The average Bonchev–Trinajstić information content (AvgIpc) is 2.17. The molecule has 14 heavy (non-hydrogen) atoms. The maximum absolute atomic E-state index is 11.0. The Morgan fingerprint density at radius 2 is 2.14 bits per heavy atom. The van der Waals surface area contributed by atoms with Crippen LogP contribution in [0, 0.1) is 0 Å². The third-order valence-corrected chi connectivity index (χ3v) is 2.25. The molecule has 2 N–H and O–H groups in total. The molecule has 0 radical (unpaired) electrons. The minimum atomic E-state index is -0.403. The summed E-state index contributed by atoms with van der Waals surface area (Å²) in [5.74, 6) is 0. The van der Waals surface area contributed by atoms with Crippen molar-refractivity contribution < 1.29 is 4.42 Å². The molecule has 0 spiro atoms. The molecule has 0 unspecified atom stereocenters. The van der Waals surface area contributed by atoms with Crippen LogP contribution in [0.4, 0.5) is 5.69 Å². The van der Waals surface area contributed by atoms with Crippen molar-refractivity contribution in [2.45, 2.75) is 13.3 Å². The van der Waals surface area contributed by atoms with Gasteiger partial charge in [0.1, 0.15) is 5.58 Å². The van der Waals surface area contributed by atoms with Crippen molar-refractivity contribution in [1.29, 1.82) is 0 Å². The van der Waals surface area contributed by atoms with Crippen molar-refractivity contribution in [3.05, 3.63) is 40.2 Å². The molecule has 2 aromatic rings. The van der Waals surface area contributed by atoms with Crippen LogP contribution in [0.2, 0.25) is 0 Å². The van der Waals surface area contributed by atoms with E-state index in [1.807, 2.05) is 12.1 Å². The van der Waals surface area contributed by atoms with E-state index in [1.165, 1.54) is 11.6 Å². The molecule has 0 saturated heterocycles. The highest BCUT2D eigenvalue weighted by molar-refractivity contribution is 5.88. The summed E-state index contributed by atoms with van der Waals surface area (Å²) in [4.78, 5) is 11.0. The first kappa shape index (κ1) is 8.81. The van der Waals surface area contributed by atoms with Gasteiger partial charge in [-0.25, -0.2) is 4.79 Å². The maximum Gasteiger partial charge on any atom is 0.338 e. The van der Waals surface area contributed by atoms with Crippen molar-refractivity contribution in [2.24, 2.45) is 0 Å². The summed E-state index contributed by atoms with van der Waals surface area (Å²) in [6, 6.07) is 6.98. The monoisotopic (exact) mass is 189 g/mol. The first-order chi connectivity index (χ1) is 6.70. The Bertz CT molecular complexity index is 528. The smallest absolute Gasteiger partial charge is 0.338 e. The lowest BCUT2D eigenvalue weighted by atomic mass is 10.1. The average molecular weight is 189 g/mol. The number of benzene rings is 1. The van der Waals surface area contributed by atoms with Crippen molar-refractivity contribution in [2.75, 3.05) is 5.73 Å². The predicted molar refractivity (Wildman–Crippen MR) is 56.3 cm³/mol. The fourth-order valence-electron chi connectivity index (χ4n) is 1.45. The number of nitrogens with two attached hydrogens (primary N) is 1. The number of anilines is 1. The molecule has 1 aromatic heterocycles. The van der Waals surface area contributed by atoms with Crippen LogP contribution in [0.3, 0.4) is 0 Å². The maximum atomic E-state index is 11.0. The van der Waals surface area contributed by atoms with E-state index < -0.39 is 5.63 Å². The number of rotatable bonds is 1. The molecule has 2 rings (SSSR count). The summed E-state index contributed by atoms with van der Waals surface area (Å²) < 4.78 is 5.01. The summed E-state index contributed by atoms with van der Waals surface area (Å²) in [7, 11) is 0. The topological polar surface area (TPSA) is 56.2 Å². The van der Waals surface area contributed by atoms with Gasteiger partial charge >= 0.3 is 5.63 Å². The first-order valence-corrected chi connectivity index (χ1v) is 4.53. The quantitative estimate of drug-likeness (QED) is 0.697. The highest BCUT2D eigenvalue weighted by Crippen LogP contribution is 2.20. The predicted octanol–water partition coefficient (Wildman–Crippen LogP) is 1.94. The van der Waals surface area contributed by atoms with Crippen LogP contribution < -0.4 is 11.4 Å². The van der Waals surface area contributed by atoms with Crippen LogP contribution in [0.5, 0.6) is 0 Å². The fraction of sp³-hybridized carbons (Fsp3) is 0.182. The molecular formula is C11H11NO2. The molecule has 0 bridgehead atoms. The number of hydrogen-bond acceptors (Lipinski definition) is 3. The Labute approximate surface area is 81.1 Å². The highest BCUT2D eigenvalue weighted by atomic mass is 16.4. The summed E-state index contributed by atoms with van der Waals surface area (Å²) >= 11 is 0. The fourth-order valence-corrected chi connectivity index (χ4v) is 1.45. The third kappa shape index (κ3) is 1.37. The number of aryl methyl sites for hydroxylation is 1. The van der Waals surface area contributed by atoms with Crippen molar-refractivity contribution in [3.63, 3.8) is 0 Å². The molecule has 3 nitrogen and oxygen atoms in total. The third-order valence-electron chi connectivity index (χ3n) is 2.25. The zero-order valence-corrected chi connectivity index (χ0v) is 7.91. The Hall–Kier alpha value is -1.77. The molecule has 72 valence electrons. The van der Waals surface area contributed by atoms with E-state index in [1.54, 1.807) is 6.07 Å². The summed E-state index contributed by atoms with van der Waals surface area (Å²) in [6.07, 6.45) is 0.939. The lowest BCUT2D eigenvalue weighted by Gasteiger charge is -2.02. The van der Waals surface area contributed by atoms with Crippen LogP contribution in [0.1, 0.15) is 12.5 Å². The number of fused-ring (bicyclic) bond motifs is 1. The Morgan fingerprint density at radius 3 is 2.86 bits per heavy atom. The van der Waals surface area contributed by atoms with E-state index in [2.05, 4.69) is 6.92 Å². The second kappa shape index (κ2) is 3.18. The minimum Gasteiger partial charge on any atom is -0.423 e. The van der Waals surface area contributed by atoms with Gasteiger partial charge in [0.05, 0.1) is 0 Å². The molecule has 0 aliphatic rings. The van der Waals surface area contributed by atoms with E-state index in [-0.39, 0.29) is 0 Å². The van der Waals surface area contributed by atoms with Gasteiger partial charge in [0.15, 0.2) is 0 Å². The second-order valence-electron chi connectivity index (χ2n) is 3.20. The van der Waals surface area contributed by atoms with Crippen molar-refractivity contribution in [1.82, 2.24) is 0 Å². The van der Waals surface area contributed by atoms with Gasteiger partial charge in [-0.2, -0.15) is 0 Å². The van der Waals surface area contributed by atoms with Gasteiger partial charge in [0.25, 0.3) is 0 Å². The van der Waals surface area contributed by atoms with Gasteiger partial charge in [-0.05, 0) is 24.1 Å². The summed E-state index contributed by atoms with van der Waals surface area (Å²) in [5.41, 5.74) is 7.52. The van der Waals surface area contributed by atoms with E-state index >= 15 is 0 Å². The van der Waals surface area contributed by atoms with Gasteiger partial charge in [-0.1, -0.05) is 13.0 Å². The lowest BCUT2D eigenvalue weighted by molar-refractivity contribution is 0.561. The molecule has 1 aromatic carbocycles. The normalized spacial score (nSPS) is 10.6. The molecule has 0 aliphatic carbocycles. The zero-order chi connectivity index (χ0) is 10.1. The number of hydrogen-bond donors (Lipinski definition) is 1. The van der Waals surface area contributed by atoms with Gasteiger partial charge in [-0.15, -0.1) is 0 Å². The van der Waals surface area contributed by atoms with Crippen LogP contribution in [-0.4, -0.2) is 0 Å². The van der Waals surface area contributed by atoms with E-state index in [9.17, 15) is 4.79 Å². The van der Waals surface area contributed by atoms with Gasteiger partial charge in [0.2, 0.25) is 0 Å². The van der Waals surface area contributed by atoms with Crippen LogP contribution >= 0.6 is 0 Å². The molecule has 0 saturated carbocycles. The molecule has 3 heteroatoms. The van der Waals surface area contributed by atoms with Gasteiger partial charge in [0, 0.05) is 17.1 Å². The molecule has 0 fully saturated rings. The Balaban J connectivity index is 2.82. The summed E-state index contributed by atoms with van der Waals surface area (Å²) in [6.45, 7) is 2.07. The number of nitrogen functional groups attached to an aromatic ring is 1. The second-order valence-corrected chi connectivity index (χ2v) is 3.20. The van der Waals surface area contributed by atoms with E-state index in [0.717, 1.165) is 11.8 Å². The van der Waals surface area contributed by atoms with Crippen LogP contribution in [0.15, 0.2) is 33.5 Å². The molecular weight excluding hydrogens is 178 g/mol. The molecule has 0 aliphatic heterocycles. The van der Waals surface area contributed by atoms with Crippen molar-refractivity contribution in [3.8, 4) is 0 Å². The van der Waals surface area contributed by atoms with Crippen molar-refractivity contribution >= 4 is 16.7 Å². The molecule has 1 heterocycles. The first-order valence-electron chi connectivity index (χ1n) is 4.53. The lowest BCUT2D eigenvalue weighted by Crippen LogP contribution is -2.00. The molecule has 0 amide bonds. The highest BCUT2D eigenvalue weighted by Gasteiger charge is 2.02. The minimum absolute atomic E-state index is 0.403. The molecule has 0 atom stereocenters. The van der Waals surface area contributed by atoms with Gasteiger partial charge in [-0.3, -0.25) is 0 Å². The van der Waals surface area contributed by atoms with E-state index in [4.69, 9.17) is 10.2 Å². The SMILES string of the molecule is CCc1ccc2oc(=O)cc(N)c2c1. The van der Waals surface area contributed by atoms with E-state index in [0.29, 0.717) is 11.3 Å². The van der Waals surface area contributed by atoms with Crippen LogP contribution in [-0.2, 0) is 6.42 Å². The Morgan fingerprint density at radius 1 is 1.36 bits per heavy atom. The zero-order valence-electron chi connectivity index (χ0n) is 7.91. The van der Waals surface area contributed by atoms with Crippen LogP contribution in [0.25, 0.3) is 11.0 Å². The largest absolute Gasteiger partial charge is 0.423 e. The standard InChI is InChI=1S/C11H11NO2/c1-2-7-3-4-10-8(5-7)9(12)6-11(13)14-10/h3-6H,2,12H2,1H3. The summed E-state index contributed by atoms with van der Waals surface area (Å²) in [5, 5.41) is 0.809. The Kier molecular flexibility index (Phi) is 2.00.